The fourth-order valence-corrected chi connectivity index (χ4v) is 3.34. The van der Waals surface area contributed by atoms with E-state index in [1.165, 1.54) is 12.1 Å². The van der Waals surface area contributed by atoms with E-state index in [0.717, 1.165) is 41.8 Å². The lowest BCUT2D eigenvalue weighted by Gasteiger charge is -2.07. The van der Waals surface area contributed by atoms with Crippen molar-refractivity contribution in [2.24, 2.45) is 0 Å². The predicted molar refractivity (Wildman–Crippen MR) is 96.3 cm³/mol. The van der Waals surface area contributed by atoms with Crippen molar-refractivity contribution >= 4 is 11.6 Å². The largest absolute Gasteiger partial charge is 0.506 e. The number of nitrogens with one attached hydrogen (secondary N) is 1. The zero-order valence-electron chi connectivity index (χ0n) is 14.3. The van der Waals surface area contributed by atoms with Crippen LogP contribution >= 0.6 is 0 Å². The van der Waals surface area contributed by atoms with Crippen LogP contribution in [-0.4, -0.2) is 20.8 Å². The van der Waals surface area contributed by atoms with Crippen LogP contribution < -0.4 is 5.32 Å². The van der Waals surface area contributed by atoms with Crippen molar-refractivity contribution in [3.8, 4) is 11.4 Å². The minimum absolute atomic E-state index is 0.0213. The van der Waals surface area contributed by atoms with Crippen LogP contribution in [0.15, 0.2) is 42.5 Å². The van der Waals surface area contributed by atoms with E-state index in [2.05, 4.69) is 10.4 Å². The van der Waals surface area contributed by atoms with Gasteiger partial charge >= 0.3 is 0 Å². The summed E-state index contributed by atoms with van der Waals surface area (Å²) in [6.07, 6.45) is 2.55. The SMILES string of the molecule is Cc1ccc(NC(=O)c2nn(-c3ccc(F)cc3)c3c2CCC3)c(O)c1. The van der Waals surface area contributed by atoms with Gasteiger partial charge in [-0.3, -0.25) is 4.79 Å². The number of fused-ring (bicyclic) bond motifs is 1. The molecule has 4 rings (SSSR count). The van der Waals surface area contributed by atoms with Gasteiger partial charge in [-0.1, -0.05) is 6.07 Å². The van der Waals surface area contributed by atoms with Crippen molar-refractivity contribution in [1.82, 2.24) is 9.78 Å². The van der Waals surface area contributed by atoms with Crippen LogP contribution in [0, 0.1) is 12.7 Å². The first-order chi connectivity index (χ1) is 12.5. The lowest BCUT2D eigenvalue weighted by atomic mass is 10.1. The highest BCUT2D eigenvalue weighted by atomic mass is 19.1. The van der Waals surface area contributed by atoms with Crippen molar-refractivity contribution in [2.75, 3.05) is 5.32 Å². The average molecular weight is 351 g/mol. The standard InChI is InChI=1S/C20H18FN3O2/c1-12-5-10-16(18(25)11-12)22-20(26)19-15-3-2-4-17(15)24(23-19)14-8-6-13(21)7-9-14/h5-11,25H,2-4H2,1H3,(H,22,26). The first-order valence-electron chi connectivity index (χ1n) is 8.50. The van der Waals surface area contributed by atoms with Gasteiger partial charge in [0.15, 0.2) is 5.69 Å². The van der Waals surface area contributed by atoms with E-state index in [1.807, 2.05) is 13.0 Å². The van der Waals surface area contributed by atoms with E-state index in [9.17, 15) is 14.3 Å². The number of aromatic hydroxyl groups is 1. The van der Waals surface area contributed by atoms with E-state index in [0.29, 0.717) is 11.4 Å². The summed E-state index contributed by atoms with van der Waals surface area (Å²) in [7, 11) is 0. The zero-order valence-corrected chi connectivity index (χ0v) is 14.3. The Morgan fingerprint density at radius 2 is 1.96 bits per heavy atom. The number of rotatable bonds is 3. The quantitative estimate of drug-likeness (QED) is 0.706. The van der Waals surface area contributed by atoms with Crippen molar-refractivity contribution in [2.45, 2.75) is 26.2 Å². The number of carbonyl (C=O) groups excluding carboxylic acids is 1. The van der Waals surface area contributed by atoms with Crippen LogP contribution in [0.2, 0.25) is 0 Å². The molecule has 2 N–H and O–H groups in total. The summed E-state index contributed by atoms with van der Waals surface area (Å²) in [5.41, 5.74) is 4.22. The van der Waals surface area contributed by atoms with Gasteiger partial charge in [-0.25, -0.2) is 9.07 Å². The number of benzene rings is 2. The van der Waals surface area contributed by atoms with Gasteiger partial charge in [-0.2, -0.15) is 5.10 Å². The molecule has 0 saturated heterocycles. The minimum atomic E-state index is -0.358. The predicted octanol–water partition coefficient (Wildman–Crippen LogP) is 3.77. The van der Waals surface area contributed by atoms with Gasteiger partial charge in [0.05, 0.1) is 11.4 Å². The van der Waals surface area contributed by atoms with Crippen LogP contribution in [0.1, 0.15) is 33.7 Å². The van der Waals surface area contributed by atoms with Gasteiger partial charge in [0.2, 0.25) is 0 Å². The average Bonchev–Trinajstić information content (AvgIpc) is 3.20. The number of amides is 1. The molecule has 3 aromatic rings. The highest BCUT2D eigenvalue weighted by Gasteiger charge is 2.27. The molecular weight excluding hydrogens is 333 g/mol. The molecule has 1 amide bonds. The summed E-state index contributed by atoms with van der Waals surface area (Å²) in [6.45, 7) is 1.86. The fourth-order valence-electron chi connectivity index (χ4n) is 3.34. The summed E-state index contributed by atoms with van der Waals surface area (Å²) < 4.78 is 14.9. The van der Waals surface area contributed by atoms with Crippen LogP contribution in [0.25, 0.3) is 5.69 Å². The number of aryl methyl sites for hydroxylation is 1. The molecule has 0 aliphatic heterocycles. The molecule has 0 bridgehead atoms. The summed E-state index contributed by atoms with van der Waals surface area (Å²) >= 11 is 0. The second-order valence-electron chi connectivity index (χ2n) is 6.49. The first kappa shape index (κ1) is 16.3. The molecule has 1 aliphatic rings. The second kappa shape index (κ2) is 6.29. The molecule has 0 unspecified atom stereocenters. The Morgan fingerprint density at radius 1 is 1.19 bits per heavy atom. The highest BCUT2D eigenvalue weighted by Crippen LogP contribution is 2.30. The fraction of sp³-hybridized carbons (Fsp3) is 0.200. The molecule has 5 nitrogen and oxygen atoms in total. The third kappa shape index (κ3) is 2.83. The third-order valence-electron chi connectivity index (χ3n) is 4.62. The smallest absolute Gasteiger partial charge is 0.276 e. The van der Waals surface area contributed by atoms with E-state index in [1.54, 1.807) is 28.9 Å². The van der Waals surface area contributed by atoms with Gasteiger partial charge in [0.25, 0.3) is 5.91 Å². The Kier molecular flexibility index (Phi) is 3.95. The van der Waals surface area contributed by atoms with Crippen molar-refractivity contribution in [1.29, 1.82) is 0 Å². The number of hydrogen-bond donors (Lipinski definition) is 2. The Balaban J connectivity index is 1.69. The molecule has 0 fully saturated rings. The maximum atomic E-state index is 13.2. The van der Waals surface area contributed by atoms with Gasteiger partial charge in [0.1, 0.15) is 11.6 Å². The van der Waals surface area contributed by atoms with Crippen molar-refractivity contribution < 1.29 is 14.3 Å². The second-order valence-corrected chi connectivity index (χ2v) is 6.49. The van der Waals surface area contributed by atoms with Gasteiger partial charge in [-0.05, 0) is 68.1 Å². The zero-order chi connectivity index (χ0) is 18.3. The first-order valence-corrected chi connectivity index (χ1v) is 8.50. The third-order valence-corrected chi connectivity index (χ3v) is 4.62. The Hall–Kier alpha value is -3.15. The number of halogens is 1. The van der Waals surface area contributed by atoms with Crippen molar-refractivity contribution in [3.63, 3.8) is 0 Å². The van der Waals surface area contributed by atoms with Gasteiger partial charge in [0, 0.05) is 11.3 Å². The van der Waals surface area contributed by atoms with E-state index in [-0.39, 0.29) is 17.5 Å². The minimum Gasteiger partial charge on any atom is -0.506 e. The highest BCUT2D eigenvalue weighted by molar-refractivity contribution is 6.05. The number of aromatic nitrogens is 2. The molecule has 1 aliphatic carbocycles. The maximum absolute atomic E-state index is 13.2. The molecule has 0 spiro atoms. The lowest BCUT2D eigenvalue weighted by Crippen LogP contribution is -2.15. The number of nitrogens with zero attached hydrogens (tertiary/aromatic N) is 2. The normalized spacial score (nSPS) is 12.8. The van der Waals surface area contributed by atoms with Crippen LogP contribution in [-0.2, 0) is 12.8 Å². The van der Waals surface area contributed by atoms with E-state index >= 15 is 0 Å². The Bertz CT molecular complexity index is 993. The summed E-state index contributed by atoms with van der Waals surface area (Å²) in [5, 5.41) is 17.2. The Labute approximate surface area is 150 Å². The summed E-state index contributed by atoms with van der Waals surface area (Å²) in [5.74, 6) is -0.651. The summed E-state index contributed by atoms with van der Waals surface area (Å²) in [4.78, 5) is 12.8. The molecule has 0 radical (unpaired) electrons. The summed E-state index contributed by atoms with van der Waals surface area (Å²) in [6, 6.07) is 11.1. The molecule has 26 heavy (non-hydrogen) atoms. The Morgan fingerprint density at radius 3 is 2.69 bits per heavy atom. The lowest BCUT2D eigenvalue weighted by molar-refractivity contribution is 0.102. The molecule has 2 aromatic carbocycles. The molecule has 132 valence electrons. The van der Waals surface area contributed by atoms with Crippen molar-refractivity contribution in [3.05, 3.63) is 70.8 Å². The molecule has 0 atom stereocenters. The van der Waals surface area contributed by atoms with Crippen LogP contribution in [0.4, 0.5) is 10.1 Å². The molecule has 1 heterocycles. The number of hydrogen-bond acceptors (Lipinski definition) is 3. The number of anilines is 1. The molecule has 0 saturated carbocycles. The number of phenolic OH excluding ortho intramolecular Hbond substituents is 1. The topological polar surface area (TPSA) is 67.2 Å². The maximum Gasteiger partial charge on any atom is 0.276 e. The molecule has 6 heteroatoms. The van der Waals surface area contributed by atoms with Crippen LogP contribution in [0.3, 0.4) is 0 Å². The van der Waals surface area contributed by atoms with E-state index < -0.39 is 0 Å². The van der Waals surface area contributed by atoms with E-state index in [4.69, 9.17) is 0 Å². The molecular formula is C20H18FN3O2. The monoisotopic (exact) mass is 351 g/mol. The van der Waals surface area contributed by atoms with Gasteiger partial charge < -0.3 is 10.4 Å². The van der Waals surface area contributed by atoms with Gasteiger partial charge in [-0.15, -0.1) is 0 Å². The van der Waals surface area contributed by atoms with Crippen LogP contribution in [0.5, 0.6) is 5.75 Å². The molecule has 1 aromatic heterocycles. The number of carbonyl (C=O) groups is 1. The number of phenols is 1.